The minimum atomic E-state index is -0.559. The van der Waals surface area contributed by atoms with Gasteiger partial charge in [0.05, 0.1) is 36.8 Å². The zero-order chi connectivity index (χ0) is 22.0. The van der Waals surface area contributed by atoms with Gasteiger partial charge in [0.2, 0.25) is 23.6 Å². The van der Waals surface area contributed by atoms with E-state index in [2.05, 4.69) is 0 Å². The van der Waals surface area contributed by atoms with Crippen LogP contribution in [0.4, 0.5) is 0 Å². The quantitative estimate of drug-likeness (QED) is 0.556. The van der Waals surface area contributed by atoms with Crippen LogP contribution in [0.1, 0.15) is 11.1 Å². The molecule has 0 N–H and O–H groups in total. The molecule has 4 amide bonds. The molecule has 1 saturated carbocycles. The van der Waals surface area contributed by atoms with Gasteiger partial charge >= 0.3 is 0 Å². The number of allylic oxidation sites excluding steroid dienone is 2. The predicted molar refractivity (Wildman–Crippen MR) is 114 cm³/mol. The Bertz CT molecular complexity index is 1020. The fourth-order valence-electron chi connectivity index (χ4n) is 6.19. The van der Waals surface area contributed by atoms with E-state index < -0.39 is 35.5 Å². The topological polar surface area (TPSA) is 74.8 Å². The Morgan fingerprint density at radius 3 is 1.12 bits per heavy atom. The molecule has 3 fully saturated rings. The van der Waals surface area contributed by atoms with Crippen molar-refractivity contribution in [3.05, 3.63) is 83.9 Å². The average Bonchev–Trinajstić information content (AvgIpc) is 3.24. The van der Waals surface area contributed by atoms with Gasteiger partial charge in [-0.25, -0.2) is 0 Å². The highest BCUT2D eigenvalue weighted by molar-refractivity contribution is 6.10. The summed E-state index contributed by atoms with van der Waals surface area (Å²) in [6.07, 6.45) is 3.81. The second kappa shape index (κ2) is 6.99. The van der Waals surface area contributed by atoms with Gasteiger partial charge in [-0.3, -0.25) is 29.0 Å². The van der Waals surface area contributed by atoms with Gasteiger partial charge in [-0.2, -0.15) is 0 Å². The molecule has 0 radical (unpaired) electrons. The fourth-order valence-corrected chi connectivity index (χ4v) is 6.19. The maximum atomic E-state index is 13.4. The van der Waals surface area contributed by atoms with Crippen LogP contribution in [-0.4, -0.2) is 33.4 Å². The Morgan fingerprint density at radius 1 is 0.500 bits per heavy atom. The van der Waals surface area contributed by atoms with Gasteiger partial charge in [0.25, 0.3) is 0 Å². The van der Waals surface area contributed by atoms with Crippen LogP contribution in [-0.2, 0) is 32.3 Å². The summed E-state index contributed by atoms with van der Waals surface area (Å²) in [5.41, 5.74) is 1.77. The van der Waals surface area contributed by atoms with E-state index in [9.17, 15) is 19.2 Å². The molecule has 0 aromatic heterocycles. The predicted octanol–water partition coefficient (Wildman–Crippen LogP) is 2.41. The Kier molecular flexibility index (Phi) is 4.18. The Labute approximate surface area is 185 Å². The minimum absolute atomic E-state index is 0.219. The summed E-state index contributed by atoms with van der Waals surface area (Å²) in [4.78, 5) is 56.1. The molecule has 0 spiro atoms. The minimum Gasteiger partial charge on any atom is -0.278 e. The van der Waals surface area contributed by atoms with Gasteiger partial charge in [-0.15, -0.1) is 0 Å². The lowest BCUT2D eigenvalue weighted by Crippen LogP contribution is -2.50. The van der Waals surface area contributed by atoms with Crippen LogP contribution in [0.25, 0.3) is 0 Å². The highest BCUT2D eigenvalue weighted by Crippen LogP contribution is 2.58. The van der Waals surface area contributed by atoms with Gasteiger partial charge < -0.3 is 0 Å². The van der Waals surface area contributed by atoms with Crippen molar-refractivity contribution in [1.29, 1.82) is 0 Å². The first-order valence-electron chi connectivity index (χ1n) is 11.0. The zero-order valence-corrected chi connectivity index (χ0v) is 17.3. The van der Waals surface area contributed by atoms with Crippen LogP contribution in [0.3, 0.4) is 0 Å². The smallest absolute Gasteiger partial charge is 0.234 e. The molecule has 5 aliphatic rings. The van der Waals surface area contributed by atoms with E-state index in [0.29, 0.717) is 0 Å². The number of hydrogen-bond donors (Lipinski definition) is 0. The maximum absolute atomic E-state index is 13.4. The van der Waals surface area contributed by atoms with Crippen LogP contribution in [0.15, 0.2) is 72.8 Å². The molecule has 7 rings (SSSR count). The van der Waals surface area contributed by atoms with E-state index in [1.807, 2.05) is 72.8 Å². The lowest BCUT2D eigenvalue weighted by Gasteiger charge is -2.44. The van der Waals surface area contributed by atoms with E-state index >= 15 is 0 Å². The third kappa shape index (κ3) is 2.58. The van der Waals surface area contributed by atoms with Crippen molar-refractivity contribution in [3.63, 3.8) is 0 Å². The standard InChI is InChI=1S/C26H22N2O4/c29-23-19-17-11-12-18(20(19)24(30)27(23)13-15-7-3-1-4-8-15)22-21(17)25(31)28(26(22)32)14-16-9-5-2-6-10-16/h1-12,17-22H,13-14H2/t17?,18?,19-,20+,21-,22+. The summed E-state index contributed by atoms with van der Waals surface area (Å²) in [5.74, 6) is -3.94. The summed E-state index contributed by atoms with van der Waals surface area (Å²) >= 11 is 0. The summed E-state index contributed by atoms with van der Waals surface area (Å²) in [6.45, 7) is 0.449. The van der Waals surface area contributed by atoms with Gasteiger partial charge in [0.15, 0.2) is 0 Å². The summed E-state index contributed by atoms with van der Waals surface area (Å²) in [6, 6.07) is 18.8. The summed E-state index contributed by atoms with van der Waals surface area (Å²) in [7, 11) is 0. The van der Waals surface area contributed by atoms with Crippen LogP contribution in [0.2, 0.25) is 0 Å². The molecule has 6 heteroatoms. The molecule has 2 saturated heterocycles. The molecule has 2 aromatic carbocycles. The zero-order valence-electron chi connectivity index (χ0n) is 17.3. The number of carbonyl (C=O) groups excluding carboxylic acids is 4. The molecule has 2 bridgehead atoms. The van der Waals surface area contributed by atoms with E-state index in [1.54, 1.807) is 0 Å². The first-order valence-corrected chi connectivity index (χ1v) is 11.0. The lowest BCUT2D eigenvalue weighted by atomic mass is 9.54. The van der Waals surface area contributed by atoms with E-state index in [0.717, 1.165) is 11.1 Å². The number of hydrogen-bond acceptors (Lipinski definition) is 4. The number of likely N-dealkylation sites (tertiary alicyclic amines) is 2. The number of amides is 4. The van der Waals surface area contributed by atoms with Gasteiger partial charge in [0, 0.05) is 11.8 Å². The third-order valence-corrected chi connectivity index (χ3v) is 7.56. The number of rotatable bonds is 4. The van der Waals surface area contributed by atoms with Crippen molar-refractivity contribution >= 4 is 23.6 Å². The molecule has 4 atom stereocenters. The van der Waals surface area contributed by atoms with Crippen molar-refractivity contribution in [2.75, 3.05) is 0 Å². The van der Waals surface area contributed by atoms with Gasteiger partial charge in [0.1, 0.15) is 0 Å². The first-order chi connectivity index (χ1) is 15.6. The molecular weight excluding hydrogens is 404 g/mol. The van der Waals surface area contributed by atoms with Crippen LogP contribution >= 0.6 is 0 Å². The van der Waals surface area contributed by atoms with Gasteiger partial charge in [-0.05, 0) is 11.1 Å². The number of carbonyl (C=O) groups is 4. The van der Waals surface area contributed by atoms with Crippen LogP contribution in [0.5, 0.6) is 0 Å². The molecule has 0 unspecified atom stereocenters. The Hall–Kier alpha value is -3.54. The molecule has 6 nitrogen and oxygen atoms in total. The largest absolute Gasteiger partial charge is 0.278 e. The fraction of sp³-hybridized carbons (Fsp3) is 0.308. The SMILES string of the molecule is O=C1[C@@H]2C3C=CC([C@@H]2C(=O)N1Cc1ccccc1)[C@@H]1C(=O)N(Cc2ccccc2)C(=O)[C@H]31. The molecule has 3 aliphatic carbocycles. The van der Waals surface area contributed by atoms with Crippen LogP contribution < -0.4 is 0 Å². The summed E-state index contributed by atoms with van der Waals surface area (Å²) in [5, 5.41) is 0. The lowest BCUT2D eigenvalue weighted by molar-refractivity contribution is -0.140. The molecule has 2 aromatic rings. The monoisotopic (exact) mass is 426 g/mol. The van der Waals surface area contributed by atoms with Crippen molar-refractivity contribution < 1.29 is 19.2 Å². The van der Waals surface area contributed by atoms with E-state index in [1.165, 1.54) is 9.80 Å². The Morgan fingerprint density at radius 2 is 0.812 bits per heavy atom. The molecule has 2 aliphatic heterocycles. The second-order valence-corrected chi connectivity index (χ2v) is 9.14. The van der Waals surface area contributed by atoms with Crippen molar-refractivity contribution in [3.8, 4) is 0 Å². The average molecular weight is 426 g/mol. The maximum Gasteiger partial charge on any atom is 0.234 e. The Balaban J connectivity index is 1.31. The van der Waals surface area contributed by atoms with Crippen molar-refractivity contribution in [1.82, 2.24) is 9.80 Å². The molecule has 160 valence electrons. The highest BCUT2D eigenvalue weighted by Gasteiger charge is 2.68. The second-order valence-electron chi connectivity index (χ2n) is 9.14. The van der Waals surface area contributed by atoms with E-state index in [-0.39, 0.29) is 36.7 Å². The van der Waals surface area contributed by atoms with Crippen LogP contribution in [0, 0.1) is 35.5 Å². The van der Waals surface area contributed by atoms with Crippen molar-refractivity contribution in [2.24, 2.45) is 35.5 Å². The number of nitrogens with zero attached hydrogens (tertiary/aromatic N) is 2. The van der Waals surface area contributed by atoms with Crippen molar-refractivity contribution in [2.45, 2.75) is 13.1 Å². The first kappa shape index (κ1) is 19.2. The molecular formula is C26H22N2O4. The van der Waals surface area contributed by atoms with E-state index in [4.69, 9.17) is 0 Å². The summed E-state index contributed by atoms with van der Waals surface area (Å²) < 4.78 is 0. The van der Waals surface area contributed by atoms with Gasteiger partial charge in [-0.1, -0.05) is 72.8 Å². The normalized spacial score (nSPS) is 32.6. The highest BCUT2D eigenvalue weighted by atomic mass is 16.2. The molecule has 2 heterocycles. The number of benzene rings is 2. The number of imide groups is 2. The third-order valence-electron chi connectivity index (χ3n) is 7.56. The molecule has 32 heavy (non-hydrogen) atoms.